The van der Waals surface area contributed by atoms with Gasteiger partial charge in [-0.05, 0) is 38.9 Å². The highest BCUT2D eigenvalue weighted by atomic mass is 79.9. The minimum absolute atomic E-state index is 0.105. The van der Waals surface area contributed by atoms with Gasteiger partial charge >= 0.3 is 0 Å². The summed E-state index contributed by atoms with van der Waals surface area (Å²) in [6.07, 6.45) is 1.00. The van der Waals surface area contributed by atoms with Crippen LogP contribution in [0.3, 0.4) is 0 Å². The van der Waals surface area contributed by atoms with E-state index in [-0.39, 0.29) is 11.6 Å². The minimum Gasteiger partial charge on any atom is -0.324 e. The maximum Gasteiger partial charge on any atom is 0.0318 e. The van der Waals surface area contributed by atoms with E-state index in [1.807, 2.05) is 6.07 Å². The molecule has 1 aromatic rings. The molecule has 1 unspecified atom stereocenters. The van der Waals surface area contributed by atoms with Gasteiger partial charge in [0.25, 0.3) is 0 Å². The van der Waals surface area contributed by atoms with Crippen LogP contribution in [-0.2, 0) is 0 Å². The molecule has 0 saturated carbocycles. The van der Waals surface area contributed by atoms with Gasteiger partial charge in [0.1, 0.15) is 0 Å². The van der Waals surface area contributed by atoms with Crippen LogP contribution in [-0.4, -0.2) is 48.6 Å². The molecule has 1 fully saturated rings. The van der Waals surface area contributed by atoms with E-state index in [2.05, 4.69) is 64.8 Å². The second-order valence-corrected chi connectivity index (χ2v) is 7.28. The van der Waals surface area contributed by atoms with Gasteiger partial charge in [0, 0.05) is 42.2 Å². The number of nitrogens with two attached hydrogens (primary N) is 1. The molecule has 112 valence electrons. The number of piperazine rings is 1. The van der Waals surface area contributed by atoms with Crippen LogP contribution < -0.4 is 5.73 Å². The first kappa shape index (κ1) is 16.0. The van der Waals surface area contributed by atoms with Gasteiger partial charge in [0.2, 0.25) is 0 Å². The van der Waals surface area contributed by atoms with Crippen LogP contribution in [0, 0.1) is 0 Å². The van der Waals surface area contributed by atoms with Crippen molar-refractivity contribution in [1.29, 1.82) is 0 Å². The van der Waals surface area contributed by atoms with Crippen LogP contribution in [0.25, 0.3) is 0 Å². The molecule has 1 aromatic carbocycles. The Balaban J connectivity index is 1.88. The maximum atomic E-state index is 6.34. The molecular weight excluding hydrogens is 314 g/mol. The maximum absolute atomic E-state index is 6.34. The average molecular weight is 340 g/mol. The third-order valence-corrected chi connectivity index (χ3v) is 5.18. The molecule has 0 aromatic heterocycles. The second-order valence-electron chi connectivity index (χ2n) is 6.43. The number of halogens is 1. The van der Waals surface area contributed by atoms with Crippen molar-refractivity contribution in [2.24, 2.45) is 5.73 Å². The fraction of sp³-hybridized carbons (Fsp3) is 0.625. The number of benzene rings is 1. The van der Waals surface area contributed by atoms with E-state index in [1.54, 1.807) is 0 Å². The Kier molecular flexibility index (Phi) is 5.24. The average Bonchev–Trinajstić information content (AvgIpc) is 2.40. The number of likely N-dealkylation sites (N-methyl/N-ethyl adjacent to an activating group) is 1. The van der Waals surface area contributed by atoms with E-state index in [0.717, 1.165) is 37.1 Å². The van der Waals surface area contributed by atoms with Gasteiger partial charge in [-0.15, -0.1) is 0 Å². The van der Waals surface area contributed by atoms with Crippen molar-refractivity contribution in [1.82, 2.24) is 9.80 Å². The van der Waals surface area contributed by atoms with Gasteiger partial charge in [0.05, 0.1) is 0 Å². The first-order chi connectivity index (χ1) is 9.40. The summed E-state index contributed by atoms with van der Waals surface area (Å²) >= 11 is 3.59. The number of nitrogens with zero attached hydrogens (tertiary/aromatic N) is 2. The highest BCUT2D eigenvalue weighted by molar-refractivity contribution is 9.10. The first-order valence-electron chi connectivity index (χ1n) is 7.34. The summed E-state index contributed by atoms with van der Waals surface area (Å²) in [4.78, 5) is 4.98. The molecule has 0 spiro atoms. The molecule has 3 nitrogen and oxygen atoms in total. The molecule has 1 saturated heterocycles. The third-order valence-electron chi connectivity index (χ3n) is 4.46. The third kappa shape index (κ3) is 3.82. The molecule has 2 rings (SSSR count). The molecule has 1 aliphatic heterocycles. The molecule has 20 heavy (non-hydrogen) atoms. The molecule has 2 N–H and O–H groups in total. The quantitative estimate of drug-likeness (QED) is 0.915. The van der Waals surface area contributed by atoms with Crippen molar-refractivity contribution in [3.8, 4) is 0 Å². The van der Waals surface area contributed by atoms with E-state index in [4.69, 9.17) is 5.73 Å². The Morgan fingerprint density at radius 1 is 1.30 bits per heavy atom. The lowest BCUT2D eigenvalue weighted by Gasteiger charge is -2.45. The van der Waals surface area contributed by atoms with Gasteiger partial charge < -0.3 is 10.6 Å². The van der Waals surface area contributed by atoms with E-state index in [1.165, 1.54) is 5.56 Å². The summed E-state index contributed by atoms with van der Waals surface area (Å²) in [5.74, 6) is 0. The predicted molar refractivity (Wildman–Crippen MR) is 88.8 cm³/mol. The SMILES string of the molecule is CN1CCN(CCC(N)c2ccccc2Br)CC1(C)C. The van der Waals surface area contributed by atoms with E-state index in [9.17, 15) is 0 Å². The van der Waals surface area contributed by atoms with Crippen LogP contribution in [0.1, 0.15) is 31.9 Å². The predicted octanol–water partition coefficient (Wildman–Crippen LogP) is 2.87. The topological polar surface area (TPSA) is 32.5 Å². The highest BCUT2D eigenvalue weighted by Gasteiger charge is 2.30. The molecular formula is C16H26BrN3. The molecule has 0 bridgehead atoms. The fourth-order valence-corrected chi connectivity index (χ4v) is 3.36. The number of rotatable bonds is 4. The van der Waals surface area contributed by atoms with Crippen LogP contribution in [0.2, 0.25) is 0 Å². The number of hydrogen-bond donors (Lipinski definition) is 1. The van der Waals surface area contributed by atoms with Crippen molar-refractivity contribution >= 4 is 15.9 Å². The molecule has 1 aliphatic rings. The van der Waals surface area contributed by atoms with Crippen LogP contribution in [0.15, 0.2) is 28.7 Å². The zero-order valence-corrected chi connectivity index (χ0v) is 14.4. The van der Waals surface area contributed by atoms with Crippen LogP contribution in [0.4, 0.5) is 0 Å². The summed E-state index contributed by atoms with van der Waals surface area (Å²) in [7, 11) is 2.21. The van der Waals surface area contributed by atoms with Crippen LogP contribution >= 0.6 is 15.9 Å². The van der Waals surface area contributed by atoms with Gasteiger partial charge in [-0.3, -0.25) is 4.90 Å². The largest absolute Gasteiger partial charge is 0.324 e. The Labute approximate surface area is 131 Å². The van der Waals surface area contributed by atoms with Crippen molar-refractivity contribution in [2.45, 2.75) is 31.8 Å². The zero-order valence-electron chi connectivity index (χ0n) is 12.8. The summed E-state index contributed by atoms with van der Waals surface area (Å²) < 4.78 is 1.12. The standard InChI is InChI=1S/C16H26BrN3/c1-16(2)12-20(11-10-19(16)3)9-8-15(18)13-6-4-5-7-14(13)17/h4-7,15H,8-12,18H2,1-3H3. The van der Waals surface area contributed by atoms with Crippen LogP contribution in [0.5, 0.6) is 0 Å². The molecule has 4 heteroatoms. The Hall–Kier alpha value is -0.420. The lowest BCUT2D eigenvalue weighted by Crippen LogP contribution is -2.57. The summed E-state index contributed by atoms with van der Waals surface area (Å²) in [6.45, 7) is 9.09. The molecule has 1 atom stereocenters. The molecule has 0 aliphatic carbocycles. The first-order valence-corrected chi connectivity index (χ1v) is 8.13. The monoisotopic (exact) mass is 339 g/mol. The summed E-state index contributed by atoms with van der Waals surface area (Å²) in [5.41, 5.74) is 7.81. The van der Waals surface area contributed by atoms with Crippen molar-refractivity contribution in [2.75, 3.05) is 33.2 Å². The Bertz CT molecular complexity index is 447. The number of hydrogen-bond acceptors (Lipinski definition) is 3. The lowest BCUT2D eigenvalue weighted by molar-refractivity contribution is 0.0387. The van der Waals surface area contributed by atoms with E-state index < -0.39 is 0 Å². The van der Waals surface area contributed by atoms with Gasteiger partial charge in [-0.2, -0.15) is 0 Å². The second kappa shape index (κ2) is 6.56. The van der Waals surface area contributed by atoms with E-state index >= 15 is 0 Å². The van der Waals surface area contributed by atoms with Gasteiger partial charge in [-0.1, -0.05) is 34.1 Å². The van der Waals surface area contributed by atoms with Crippen molar-refractivity contribution in [3.05, 3.63) is 34.3 Å². The minimum atomic E-state index is 0.105. The Morgan fingerprint density at radius 2 is 2.00 bits per heavy atom. The normalized spacial score (nSPS) is 21.9. The lowest BCUT2D eigenvalue weighted by atomic mass is 9.98. The van der Waals surface area contributed by atoms with Crippen molar-refractivity contribution in [3.63, 3.8) is 0 Å². The smallest absolute Gasteiger partial charge is 0.0318 e. The van der Waals surface area contributed by atoms with Crippen molar-refractivity contribution < 1.29 is 0 Å². The Morgan fingerprint density at radius 3 is 2.65 bits per heavy atom. The van der Waals surface area contributed by atoms with Gasteiger partial charge in [-0.25, -0.2) is 0 Å². The fourth-order valence-electron chi connectivity index (χ4n) is 2.78. The summed E-state index contributed by atoms with van der Waals surface area (Å²) in [6, 6.07) is 8.37. The zero-order chi connectivity index (χ0) is 14.8. The van der Waals surface area contributed by atoms with E-state index in [0.29, 0.717) is 0 Å². The molecule has 0 radical (unpaired) electrons. The molecule has 0 amide bonds. The highest BCUT2D eigenvalue weighted by Crippen LogP contribution is 2.25. The molecule has 1 heterocycles. The van der Waals surface area contributed by atoms with Gasteiger partial charge in [0.15, 0.2) is 0 Å². The summed E-state index contributed by atoms with van der Waals surface area (Å²) in [5, 5.41) is 0.